The molecule has 1 atom stereocenters. The van der Waals surface area contributed by atoms with Gasteiger partial charge in [0.25, 0.3) is 0 Å². The molecule has 1 fully saturated rings. The summed E-state index contributed by atoms with van der Waals surface area (Å²) < 4.78 is 6.13. The third-order valence-corrected chi connectivity index (χ3v) is 4.46. The molecule has 1 unspecified atom stereocenters. The number of ether oxygens (including phenoxy) is 1. The lowest BCUT2D eigenvalue weighted by atomic mass is 9.89. The summed E-state index contributed by atoms with van der Waals surface area (Å²) in [5.41, 5.74) is 2.94. The minimum absolute atomic E-state index is 0.351. The molecular weight excluding hydrogens is 246 g/mol. The van der Waals surface area contributed by atoms with Crippen molar-refractivity contribution in [3.8, 4) is 0 Å². The average Bonchev–Trinajstić information content (AvgIpc) is 3.30. The minimum Gasteiger partial charge on any atom is -0.374 e. The first kappa shape index (κ1) is 14.1. The third kappa shape index (κ3) is 4.07. The molecule has 3 rings (SSSR count). The van der Waals surface area contributed by atoms with Gasteiger partial charge in [-0.1, -0.05) is 24.3 Å². The van der Waals surface area contributed by atoms with Crippen molar-refractivity contribution in [2.75, 3.05) is 13.2 Å². The molecule has 1 aromatic carbocycles. The van der Waals surface area contributed by atoms with Crippen LogP contribution in [0.4, 0.5) is 0 Å². The molecule has 0 saturated heterocycles. The zero-order valence-corrected chi connectivity index (χ0v) is 12.4. The van der Waals surface area contributed by atoms with Gasteiger partial charge in [0.1, 0.15) is 0 Å². The maximum atomic E-state index is 6.13. The van der Waals surface area contributed by atoms with Crippen LogP contribution in [0.5, 0.6) is 0 Å². The van der Waals surface area contributed by atoms with E-state index in [1.54, 1.807) is 0 Å². The number of benzene rings is 1. The Hall–Kier alpha value is -0.860. The molecule has 2 heteroatoms. The average molecular weight is 273 g/mol. The van der Waals surface area contributed by atoms with Crippen LogP contribution in [0.25, 0.3) is 0 Å². The molecule has 2 aliphatic carbocycles. The van der Waals surface area contributed by atoms with E-state index in [4.69, 9.17) is 4.74 Å². The van der Waals surface area contributed by atoms with Crippen molar-refractivity contribution >= 4 is 0 Å². The van der Waals surface area contributed by atoms with Crippen LogP contribution in [0, 0.1) is 0 Å². The van der Waals surface area contributed by atoms with Gasteiger partial charge in [-0.05, 0) is 69.0 Å². The fourth-order valence-corrected chi connectivity index (χ4v) is 3.11. The molecule has 20 heavy (non-hydrogen) atoms. The molecule has 0 heterocycles. The second-order valence-corrected chi connectivity index (χ2v) is 6.24. The molecule has 2 nitrogen and oxygen atoms in total. The van der Waals surface area contributed by atoms with Crippen LogP contribution in [0.1, 0.15) is 62.2 Å². The van der Waals surface area contributed by atoms with E-state index < -0.39 is 0 Å². The van der Waals surface area contributed by atoms with Gasteiger partial charge in [-0.2, -0.15) is 0 Å². The molecule has 1 aromatic rings. The van der Waals surface area contributed by atoms with Gasteiger partial charge < -0.3 is 10.1 Å². The zero-order chi connectivity index (χ0) is 13.6. The van der Waals surface area contributed by atoms with Crippen molar-refractivity contribution in [2.24, 2.45) is 0 Å². The number of hydrogen-bond acceptors (Lipinski definition) is 2. The third-order valence-electron chi connectivity index (χ3n) is 4.46. The summed E-state index contributed by atoms with van der Waals surface area (Å²) >= 11 is 0. The van der Waals surface area contributed by atoms with Gasteiger partial charge in [-0.15, -0.1) is 0 Å². The van der Waals surface area contributed by atoms with Crippen molar-refractivity contribution in [1.82, 2.24) is 5.32 Å². The second kappa shape index (κ2) is 7.24. The van der Waals surface area contributed by atoms with Gasteiger partial charge in [0.05, 0.1) is 6.10 Å². The predicted octanol–water partition coefficient (Wildman–Crippen LogP) is 4.00. The van der Waals surface area contributed by atoms with Crippen molar-refractivity contribution in [1.29, 1.82) is 0 Å². The van der Waals surface area contributed by atoms with Crippen LogP contribution < -0.4 is 5.32 Å². The van der Waals surface area contributed by atoms with Crippen molar-refractivity contribution in [3.05, 3.63) is 35.4 Å². The first-order valence-corrected chi connectivity index (χ1v) is 8.36. The smallest absolute Gasteiger partial charge is 0.0827 e. The van der Waals surface area contributed by atoms with Crippen LogP contribution in [-0.2, 0) is 11.2 Å². The molecule has 1 saturated carbocycles. The lowest BCUT2D eigenvalue weighted by Gasteiger charge is -2.25. The largest absolute Gasteiger partial charge is 0.374 e. The first-order chi connectivity index (χ1) is 9.93. The van der Waals surface area contributed by atoms with Crippen LogP contribution in [0.3, 0.4) is 0 Å². The van der Waals surface area contributed by atoms with E-state index in [0.717, 1.165) is 12.6 Å². The quantitative estimate of drug-likeness (QED) is 0.723. The summed E-state index contributed by atoms with van der Waals surface area (Å²) in [7, 11) is 0. The zero-order valence-electron chi connectivity index (χ0n) is 12.4. The van der Waals surface area contributed by atoms with E-state index in [0.29, 0.717) is 6.10 Å². The van der Waals surface area contributed by atoms with Crippen LogP contribution in [-0.4, -0.2) is 19.2 Å². The molecule has 0 bridgehead atoms. The summed E-state index contributed by atoms with van der Waals surface area (Å²) in [6.07, 6.45) is 10.6. The van der Waals surface area contributed by atoms with E-state index in [9.17, 15) is 0 Å². The van der Waals surface area contributed by atoms with E-state index in [-0.39, 0.29) is 0 Å². The van der Waals surface area contributed by atoms with Gasteiger partial charge in [0.15, 0.2) is 0 Å². The van der Waals surface area contributed by atoms with E-state index in [2.05, 4.69) is 29.6 Å². The maximum Gasteiger partial charge on any atom is 0.0827 e. The number of nitrogens with one attached hydrogen (secondary N) is 1. The molecule has 0 amide bonds. The Morgan fingerprint density at radius 2 is 1.95 bits per heavy atom. The summed E-state index contributed by atoms with van der Waals surface area (Å²) in [6, 6.07) is 9.65. The van der Waals surface area contributed by atoms with Crippen LogP contribution >= 0.6 is 0 Å². The summed E-state index contributed by atoms with van der Waals surface area (Å²) in [5, 5.41) is 3.57. The number of unbranched alkanes of at least 4 members (excludes halogenated alkanes) is 2. The molecule has 0 aromatic heterocycles. The Morgan fingerprint density at radius 1 is 1.05 bits per heavy atom. The second-order valence-electron chi connectivity index (χ2n) is 6.24. The Morgan fingerprint density at radius 3 is 2.85 bits per heavy atom. The Balaban J connectivity index is 1.32. The van der Waals surface area contributed by atoms with E-state index in [1.807, 2.05) is 0 Å². The molecule has 0 aliphatic heterocycles. The topological polar surface area (TPSA) is 21.3 Å². The highest BCUT2D eigenvalue weighted by molar-refractivity contribution is 5.31. The van der Waals surface area contributed by atoms with Gasteiger partial charge in [0, 0.05) is 12.6 Å². The summed E-state index contributed by atoms with van der Waals surface area (Å²) in [4.78, 5) is 0. The van der Waals surface area contributed by atoms with Crippen molar-refractivity contribution in [2.45, 2.75) is 63.5 Å². The van der Waals surface area contributed by atoms with Crippen LogP contribution in [0.15, 0.2) is 24.3 Å². The van der Waals surface area contributed by atoms with E-state index in [1.165, 1.54) is 69.0 Å². The van der Waals surface area contributed by atoms with Crippen molar-refractivity contribution in [3.63, 3.8) is 0 Å². The SMILES string of the molecule is c1ccc2c(c1)CCCC2OCCCCCNC1CC1. The van der Waals surface area contributed by atoms with Gasteiger partial charge in [-0.3, -0.25) is 0 Å². The summed E-state index contributed by atoms with van der Waals surface area (Å²) in [5.74, 6) is 0. The molecule has 1 N–H and O–H groups in total. The number of hydrogen-bond donors (Lipinski definition) is 1. The van der Waals surface area contributed by atoms with E-state index >= 15 is 0 Å². The minimum atomic E-state index is 0.351. The number of aryl methyl sites for hydroxylation is 1. The van der Waals surface area contributed by atoms with Crippen LogP contribution in [0.2, 0.25) is 0 Å². The lowest BCUT2D eigenvalue weighted by molar-refractivity contribution is 0.0383. The van der Waals surface area contributed by atoms with Crippen molar-refractivity contribution < 1.29 is 4.74 Å². The van der Waals surface area contributed by atoms with Gasteiger partial charge in [0.2, 0.25) is 0 Å². The lowest BCUT2D eigenvalue weighted by Crippen LogP contribution is -2.17. The number of rotatable bonds is 8. The highest BCUT2D eigenvalue weighted by atomic mass is 16.5. The normalized spacial score (nSPS) is 21.7. The fraction of sp³-hybridized carbons (Fsp3) is 0.667. The Kier molecular flexibility index (Phi) is 5.10. The standard InChI is InChI=1S/C18H27NO/c1(4-13-19-16-11-12-16)5-14-20-18-10-6-8-15-7-2-3-9-17(15)18/h2-3,7,9,16,18-19H,1,4-6,8,10-14H2. The molecule has 0 radical (unpaired) electrons. The maximum absolute atomic E-state index is 6.13. The van der Waals surface area contributed by atoms with Gasteiger partial charge in [-0.25, -0.2) is 0 Å². The molecule has 110 valence electrons. The van der Waals surface area contributed by atoms with Gasteiger partial charge >= 0.3 is 0 Å². The molecule has 2 aliphatic rings. The molecule has 0 spiro atoms. The predicted molar refractivity (Wildman–Crippen MR) is 82.9 cm³/mol. The fourth-order valence-electron chi connectivity index (χ4n) is 3.11. The monoisotopic (exact) mass is 273 g/mol. The highest BCUT2D eigenvalue weighted by Crippen LogP contribution is 2.32. The Labute approximate surface area is 122 Å². The first-order valence-electron chi connectivity index (χ1n) is 8.36. The highest BCUT2D eigenvalue weighted by Gasteiger charge is 2.20. The summed E-state index contributed by atoms with van der Waals surface area (Å²) in [6.45, 7) is 2.11. The molecular formula is C18H27NO. The number of fused-ring (bicyclic) bond motifs is 1. The Bertz CT molecular complexity index is 414.